The lowest BCUT2D eigenvalue weighted by molar-refractivity contribution is -0.140. The van der Waals surface area contributed by atoms with E-state index in [9.17, 15) is 13.2 Å². The first-order chi connectivity index (χ1) is 8.45. The summed E-state index contributed by atoms with van der Waals surface area (Å²) in [4.78, 5) is 14.6. The molecule has 1 heterocycles. The number of hydrogen-bond acceptors (Lipinski definition) is 7. The predicted octanol–water partition coefficient (Wildman–Crippen LogP) is -1.10. The fraction of sp³-hybridized carbons (Fsp3) is 0.625. The number of hydrogen-bond donors (Lipinski definition) is 1. The maximum atomic E-state index is 11.7. The average molecular weight is 278 g/mol. The highest BCUT2D eigenvalue weighted by Crippen LogP contribution is 1.98. The normalized spacial score (nSPS) is 11.7. The van der Waals surface area contributed by atoms with Crippen molar-refractivity contribution in [3.05, 3.63) is 12.2 Å². The van der Waals surface area contributed by atoms with Crippen LogP contribution in [0.5, 0.6) is 0 Å². The first-order valence-corrected chi connectivity index (χ1v) is 6.42. The van der Waals surface area contributed by atoms with Crippen LogP contribution in [0.1, 0.15) is 12.2 Å². The van der Waals surface area contributed by atoms with Crippen molar-refractivity contribution in [1.82, 2.24) is 19.2 Å². The Kier molecular flexibility index (Phi) is 5.19. The van der Waals surface area contributed by atoms with Crippen molar-refractivity contribution >= 4 is 16.2 Å². The standard InChI is InChI=1S/C8H14N4O5S/c1-12(4-3-8(13)16-2)18(14,15)10-5-7-9-6-17-11-7/h6,10H,3-5H2,1-2H3. The molecule has 1 N–H and O–H groups in total. The summed E-state index contributed by atoms with van der Waals surface area (Å²) in [5, 5.41) is 3.46. The van der Waals surface area contributed by atoms with E-state index >= 15 is 0 Å². The van der Waals surface area contributed by atoms with E-state index in [0.29, 0.717) is 0 Å². The van der Waals surface area contributed by atoms with E-state index in [0.717, 1.165) is 10.7 Å². The van der Waals surface area contributed by atoms with E-state index < -0.39 is 16.2 Å². The molecule has 1 rings (SSSR count). The molecule has 18 heavy (non-hydrogen) atoms. The molecule has 102 valence electrons. The number of aromatic nitrogens is 2. The van der Waals surface area contributed by atoms with Crippen molar-refractivity contribution in [3.8, 4) is 0 Å². The van der Waals surface area contributed by atoms with Crippen molar-refractivity contribution in [2.24, 2.45) is 0 Å². The summed E-state index contributed by atoms with van der Waals surface area (Å²) >= 11 is 0. The van der Waals surface area contributed by atoms with Gasteiger partial charge in [-0.15, -0.1) is 0 Å². The van der Waals surface area contributed by atoms with Gasteiger partial charge < -0.3 is 9.26 Å². The van der Waals surface area contributed by atoms with E-state index in [2.05, 4.69) is 24.1 Å². The number of methoxy groups -OCH3 is 1. The third-order valence-corrected chi connectivity index (χ3v) is 3.60. The zero-order chi connectivity index (χ0) is 13.6. The van der Waals surface area contributed by atoms with Crippen LogP contribution >= 0.6 is 0 Å². The van der Waals surface area contributed by atoms with Crippen molar-refractivity contribution in [3.63, 3.8) is 0 Å². The molecule has 0 aliphatic heterocycles. The van der Waals surface area contributed by atoms with Gasteiger partial charge in [-0.25, -0.2) is 0 Å². The summed E-state index contributed by atoms with van der Waals surface area (Å²) in [6, 6.07) is 0. The fourth-order valence-corrected chi connectivity index (χ4v) is 1.87. The van der Waals surface area contributed by atoms with E-state index in [1.165, 1.54) is 14.2 Å². The van der Waals surface area contributed by atoms with Crippen LogP contribution in [0.3, 0.4) is 0 Å². The molecule has 0 spiro atoms. The number of carbonyl (C=O) groups is 1. The SMILES string of the molecule is COC(=O)CCN(C)S(=O)(=O)NCc1ncon1. The minimum Gasteiger partial charge on any atom is -0.469 e. The number of nitrogens with one attached hydrogen (secondary N) is 1. The van der Waals surface area contributed by atoms with Crippen LogP contribution in [0.15, 0.2) is 10.9 Å². The molecule has 0 amide bonds. The summed E-state index contributed by atoms with van der Waals surface area (Å²) < 4.78 is 35.6. The molecule has 0 fully saturated rings. The summed E-state index contributed by atoms with van der Waals surface area (Å²) in [6.07, 6.45) is 1.08. The van der Waals surface area contributed by atoms with E-state index in [1.807, 2.05) is 0 Å². The largest absolute Gasteiger partial charge is 0.469 e. The van der Waals surface area contributed by atoms with Crippen molar-refractivity contribution in [1.29, 1.82) is 0 Å². The summed E-state index contributed by atoms with van der Waals surface area (Å²) in [6.45, 7) is -0.0599. The third kappa shape index (κ3) is 4.39. The molecule has 10 heteroatoms. The second-order valence-corrected chi connectivity index (χ2v) is 5.18. The van der Waals surface area contributed by atoms with Crippen LogP contribution in [0, 0.1) is 0 Å². The summed E-state index contributed by atoms with van der Waals surface area (Å²) in [5.41, 5.74) is 0. The zero-order valence-electron chi connectivity index (χ0n) is 9.99. The Morgan fingerprint density at radius 2 is 2.33 bits per heavy atom. The molecule has 1 aromatic heterocycles. The Morgan fingerprint density at radius 3 is 2.89 bits per heavy atom. The number of rotatable bonds is 7. The molecule has 0 radical (unpaired) electrons. The van der Waals surface area contributed by atoms with E-state index in [1.54, 1.807) is 0 Å². The molecule has 0 saturated heterocycles. The average Bonchev–Trinajstić information content (AvgIpc) is 2.86. The van der Waals surface area contributed by atoms with Crippen LogP contribution in [0.4, 0.5) is 0 Å². The van der Waals surface area contributed by atoms with Gasteiger partial charge in [-0.2, -0.15) is 22.4 Å². The molecule has 0 aliphatic carbocycles. The topological polar surface area (TPSA) is 115 Å². The molecule has 0 aliphatic rings. The van der Waals surface area contributed by atoms with Crippen LogP contribution in [-0.4, -0.2) is 49.5 Å². The second kappa shape index (κ2) is 6.42. The third-order valence-electron chi connectivity index (χ3n) is 2.09. The lowest BCUT2D eigenvalue weighted by Gasteiger charge is -2.16. The maximum absolute atomic E-state index is 11.7. The van der Waals surface area contributed by atoms with Gasteiger partial charge in [0.15, 0.2) is 5.82 Å². The van der Waals surface area contributed by atoms with Crippen LogP contribution < -0.4 is 4.72 Å². The maximum Gasteiger partial charge on any atom is 0.306 e. The Hall–Kier alpha value is -1.52. The van der Waals surface area contributed by atoms with Gasteiger partial charge in [0.25, 0.3) is 10.2 Å². The summed E-state index contributed by atoms with van der Waals surface area (Å²) in [5.74, 6) is -0.254. The van der Waals surface area contributed by atoms with Crippen LogP contribution in [0.2, 0.25) is 0 Å². The fourth-order valence-electron chi connectivity index (χ4n) is 1.01. The highest BCUT2D eigenvalue weighted by molar-refractivity contribution is 7.87. The molecule has 0 unspecified atom stereocenters. The number of nitrogens with zero attached hydrogens (tertiary/aromatic N) is 3. The monoisotopic (exact) mass is 278 g/mol. The van der Waals surface area contributed by atoms with E-state index in [-0.39, 0.29) is 25.3 Å². The first-order valence-electron chi connectivity index (χ1n) is 4.98. The lowest BCUT2D eigenvalue weighted by Crippen LogP contribution is -2.39. The van der Waals surface area contributed by atoms with Gasteiger partial charge in [0.05, 0.1) is 20.1 Å². The molecular weight excluding hydrogens is 264 g/mol. The Balaban J connectivity index is 2.44. The molecule has 9 nitrogen and oxygen atoms in total. The Morgan fingerprint density at radius 1 is 1.61 bits per heavy atom. The van der Waals surface area contributed by atoms with Crippen LogP contribution in [-0.2, 0) is 26.3 Å². The first kappa shape index (κ1) is 14.5. The summed E-state index contributed by atoms with van der Waals surface area (Å²) in [7, 11) is -1.10. The van der Waals surface area contributed by atoms with Gasteiger partial charge in [-0.3, -0.25) is 4.79 Å². The molecule has 1 aromatic rings. The molecule has 0 aromatic carbocycles. The highest BCUT2D eigenvalue weighted by atomic mass is 32.2. The highest BCUT2D eigenvalue weighted by Gasteiger charge is 2.18. The minimum absolute atomic E-state index is 0.0177. The van der Waals surface area contributed by atoms with Crippen molar-refractivity contribution in [2.75, 3.05) is 20.7 Å². The Labute approximate surface area is 104 Å². The minimum atomic E-state index is -3.69. The van der Waals surface area contributed by atoms with Gasteiger partial charge in [0.2, 0.25) is 6.39 Å². The van der Waals surface area contributed by atoms with Crippen molar-refractivity contribution < 1.29 is 22.5 Å². The zero-order valence-corrected chi connectivity index (χ0v) is 10.8. The molecule has 0 bridgehead atoms. The molecular formula is C8H14N4O5S. The predicted molar refractivity (Wildman–Crippen MR) is 59.3 cm³/mol. The number of esters is 1. The van der Waals surface area contributed by atoms with E-state index in [4.69, 9.17) is 0 Å². The van der Waals surface area contributed by atoms with Crippen LogP contribution in [0.25, 0.3) is 0 Å². The Bertz CT molecular complexity index is 472. The molecule has 0 atom stereocenters. The van der Waals surface area contributed by atoms with Gasteiger partial charge in [0.1, 0.15) is 0 Å². The molecule has 0 saturated carbocycles. The smallest absolute Gasteiger partial charge is 0.306 e. The van der Waals surface area contributed by atoms with Gasteiger partial charge in [-0.1, -0.05) is 5.16 Å². The second-order valence-electron chi connectivity index (χ2n) is 3.32. The van der Waals surface area contributed by atoms with Crippen molar-refractivity contribution in [2.45, 2.75) is 13.0 Å². The van der Waals surface area contributed by atoms with Gasteiger partial charge in [-0.05, 0) is 0 Å². The number of ether oxygens (including phenoxy) is 1. The van der Waals surface area contributed by atoms with Gasteiger partial charge >= 0.3 is 5.97 Å². The lowest BCUT2D eigenvalue weighted by atomic mass is 10.4. The number of carbonyl (C=O) groups excluding carboxylic acids is 1. The van der Waals surface area contributed by atoms with Gasteiger partial charge in [0, 0.05) is 13.6 Å². The quantitative estimate of drug-likeness (QED) is 0.629.